The molecule has 1 aromatic rings. The van der Waals surface area contributed by atoms with Gasteiger partial charge in [-0.2, -0.15) is 0 Å². The molecule has 1 aromatic heterocycles. The third-order valence-electron chi connectivity index (χ3n) is 2.65. The first-order chi connectivity index (χ1) is 8.39. The molecule has 2 amide bonds. The van der Waals surface area contributed by atoms with Crippen molar-refractivity contribution in [2.24, 2.45) is 5.41 Å². The largest absolute Gasteiger partial charge is 0.396 e. The molecule has 0 unspecified atom stereocenters. The van der Waals surface area contributed by atoms with Gasteiger partial charge in [-0.1, -0.05) is 25.9 Å². The van der Waals surface area contributed by atoms with Crippen molar-refractivity contribution in [3.63, 3.8) is 0 Å². The van der Waals surface area contributed by atoms with Gasteiger partial charge in [0.25, 0.3) is 0 Å². The van der Waals surface area contributed by atoms with Crippen molar-refractivity contribution in [3.8, 4) is 0 Å². The number of carbonyl (C=O) groups is 1. The third-order valence-corrected chi connectivity index (χ3v) is 2.65. The highest BCUT2D eigenvalue weighted by Crippen LogP contribution is 2.20. The number of aliphatic hydroxyl groups is 1. The lowest BCUT2D eigenvalue weighted by molar-refractivity contribution is 0.158. The van der Waals surface area contributed by atoms with Crippen molar-refractivity contribution in [3.05, 3.63) is 11.5 Å². The van der Waals surface area contributed by atoms with Crippen LogP contribution in [-0.4, -0.2) is 29.4 Å². The Bertz CT molecular complexity index is 413. The van der Waals surface area contributed by atoms with Crippen molar-refractivity contribution >= 4 is 11.7 Å². The highest BCUT2D eigenvalue weighted by atomic mass is 16.5. The second-order valence-corrected chi connectivity index (χ2v) is 5.05. The van der Waals surface area contributed by atoms with Gasteiger partial charge in [0, 0.05) is 25.0 Å². The van der Waals surface area contributed by atoms with Gasteiger partial charge in [0.1, 0.15) is 11.4 Å². The van der Waals surface area contributed by atoms with E-state index in [1.54, 1.807) is 6.92 Å². The number of nitrogens with zero attached hydrogens (tertiary/aromatic N) is 1. The zero-order valence-corrected chi connectivity index (χ0v) is 11.3. The predicted molar refractivity (Wildman–Crippen MR) is 68.5 cm³/mol. The summed E-state index contributed by atoms with van der Waals surface area (Å²) in [6.07, 6.45) is 0.665. The molecule has 0 atom stereocenters. The Hall–Kier alpha value is -1.56. The van der Waals surface area contributed by atoms with E-state index in [-0.39, 0.29) is 18.1 Å². The smallest absolute Gasteiger partial charge is 0.319 e. The van der Waals surface area contributed by atoms with Crippen molar-refractivity contribution in [2.75, 3.05) is 18.5 Å². The molecule has 0 fully saturated rings. The van der Waals surface area contributed by atoms with Crippen LogP contribution in [0.4, 0.5) is 10.5 Å². The number of nitrogens with one attached hydrogen (secondary N) is 2. The van der Waals surface area contributed by atoms with Crippen LogP contribution in [-0.2, 0) is 6.42 Å². The lowest BCUT2D eigenvalue weighted by Gasteiger charge is -2.21. The van der Waals surface area contributed by atoms with Crippen molar-refractivity contribution in [2.45, 2.75) is 34.1 Å². The molecule has 6 heteroatoms. The molecule has 0 spiro atoms. The molecule has 102 valence electrons. The number of hydrogen-bond acceptors (Lipinski definition) is 4. The number of aryl methyl sites for hydroxylation is 2. The minimum Gasteiger partial charge on any atom is -0.396 e. The molecule has 18 heavy (non-hydrogen) atoms. The lowest BCUT2D eigenvalue weighted by Crippen LogP contribution is -2.38. The van der Waals surface area contributed by atoms with Gasteiger partial charge in [-0.15, -0.1) is 0 Å². The number of carbonyl (C=O) groups excluding carboxylic acids is 1. The van der Waals surface area contributed by atoms with Gasteiger partial charge in [-0.25, -0.2) is 4.79 Å². The fourth-order valence-electron chi connectivity index (χ4n) is 1.35. The second-order valence-electron chi connectivity index (χ2n) is 5.05. The van der Waals surface area contributed by atoms with E-state index in [1.807, 2.05) is 20.8 Å². The second kappa shape index (κ2) is 5.86. The number of anilines is 1. The van der Waals surface area contributed by atoms with E-state index in [9.17, 15) is 4.79 Å². The average molecular weight is 255 g/mol. The van der Waals surface area contributed by atoms with E-state index < -0.39 is 0 Å². The maximum Gasteiger partial charge on any atom is 0.319 e. The molecular formula is C12H21N3O3. The molecule has 1 rings (SSSR count). The Labute approximate surface area is 107 Å². The van der Waals surface area contributed by atoms with Gasteiger partial charge in [0.05, 0.1) is 0 Å². The summed E-state index contributed by atoms with van der Waals surface area (Å²) in [5.74, 6) is 0.657. The maximum atomic E-state index is 11.7. The standard InChI is InChI=1S/C12H21N3O3/c1-5-9-10(8(2)15-18-9)14-11(17)13-6-12(3,4)7-16/h16H,5-7H2,1-4H3,(H2,13,14,17). The lowest BCUT2D eigenvalue weighted by atomic mass is 9.95. The van der Waals surface area contributed by atoms with Crippen LogP contribution in [0.3, 0.4) is 0 Å². The molecule has 0 aliphatic heterocycles. The zero-order chi connectivity index (χ0) is 13.8. The van der Waals surface area contributed by atoms with Crippen LogP contribution in [0, 0.1) is 12.3 Å². The topological polar surface area (TPSA) is 87.4 Å². The van der Waals surface area contributed by atoms with E-state index in [1.165, 1.54) is 0 Å². The molecule has 0 aromatic carbocycles. The highest BCUT2D eigenvalue weighted by molar-refractivity contribution is 5.90. The van der Waals surface area contributed by atoms with Crippen LogP contribution < -0.4 is 10.6 Å². The van der Waals surface area contributed by atoms with E-state index in [0.29, 0.717) is 30.1 Å². The van der Waals surface area contributed by atoms with Gasteiger partial charge >= 0.3 is 6.03 Å². The van der Waals surface area contributed by atoms with Crippen LogP contribution in [0.15, 0.2) is 4.52 Å². The summed E-state index contributed by atoms with van der Waals surface area (Å²) >= 11 is 0. The number of aliphatic hydroxyl groups excluding tert-OH is 1. The molecule has 0 saturated carbocycles. The minimum absolute atomic E-state index is 0.0137. The van der Waals surface area contributed by atoms with Crippen molar-refractivity contribution < 1.29 is 14.4 Å². The first-order valence-electron chi connectivity index (χ1n) is 6.00. The fourth-order valence-corrected chi connectivity index (χ4v) is 1.35. The number of rotatable bonds is 5. The van der Waals surface area contributed by atoms with E-state index in [0.717, 1.165) is 0 Å². The highest BCUT2D eigenvalue weighted by Gasteiger charge is 2.19. The van der Waals surface area contributed by atoms with E-state index in [4.69, 9.17) is 9.63 Å². The van der Waals surface area contributed by atoms with Gasteiger partial charge in [-0.3, -0.25) is 0 Å². The SMILES string of the molecule is CCc1onc(C)c1NC(=O)NCC(C)(C)CO. The molecule has 6 nitrogen and oxygen atoms in total. The number of hydrogen-bond donors (Lipinski definition) is 3. The van der Waals surface area contributed by atoms with Crippen LogP contribution >= 0.6 is 0 Å². The number of urea groups is 1. The third kappa shape index (κ3) is 3.73. The molecule has 0 bridgehead atoms. The summed E-state index contributed by atoms with van der Waals surface area (Å²) in [5, 5.41) is 18.3. The van der Waals surface area contributed by atoms with Crippen molar-refractivity contribution in [1.29, 1.82) is 0 Å². The Morgan fingerprint density at radius 3 is 2.72 bits per heavy atom. The van der Waals surface area contributed by atoms with Crippen LogP contribution in [0.25, 0.3) is 0 Å². The predicted octanol–water partition coefficient (Wildman–Crippen LogP) is 1.69. The van der Waals surface area contributed by atoms with Crippen molar-refractivity contribution in [1.82, 2.24) is 10.5 Å². The Kier molecular flexibility index (Phi) is 4.72. The van der Waals surface area contributed by atoms with Crippen LogP contribution in [0.2, 0.25) is 0 Å². The molecule has 1 heterocycles. The average Bonchev–Trinajstić information content (AvgIpc) is 2.68. The summed E-state index contributed by atoms with van der Waals surface area (Å²) in [7, 11) is 0. The van der Waals surface area contributed by atoms with E-state index in [2.05, 4.69) is 15.8 Å². The van der Waals surface area contributed by atoms with Gasteiger partial charge in [-0.05, 0) is 6.92 Å². The van der Waals surface area contributed by atoms with Gasteiger partial charge in [0.15, 0.2) is 5.76 Å². The Morgan fingerprint density at radius 1 is 1.50 bits per heavy atom. The van der Waals surface area contributed by atoms with Crippen LogP contribution in [0.5, 0.6) is 0 Å². The maximum absolute atomic E-state index is 11.7. The molecule has 0 aliphatic carbocycles. The van der Waals surface area contributed by atoms with E-state index >= 15 is 0 Å². The first-order valence-corrected chi connectivity index (χ1v) is 6.00. The monoisotopic (exact) mass is 255 g/mol. The summed E-state index contributed by atoms with van der Waals surface area (Å²) in [6, 6.07) is -0.322. The molecule has 0 aliphatic rings. The molecule has 3 N–H and O–H groups in total. The summed E-state index contributed by atoms with van der Waals surface area (Å²) < 4.78 is 5.08. The van der Waals surface area contributed by atoms with Crippen LogP contribution in [0.1, 0.15) is 32.2 Å². The number of aromatic nitrogens is 1. The molecule has 0 radical (unpaired) electrons. The summed E-state index contributed by atoms with van der Waals surface area (Å²) in [6.45, 7) is 7.85. The molecule has 0 saturated heterocycles. The zero-order valence-electron chi connectivity index (χ0n) is 11.3. The summed E-state index contributed by atoms with van der Waals surface area (Å²) in [4.78, 5) is 11.7. The Balaban J connectivity index is 2.57. The fraction of sp³-hybridized carbons (Fsp3) is 0.667. The molecular weight excluding hydrogens is 234 g/mol. The number of amides is 2. The normalized spacial score (nSPS) is 11.4. The first kappa shape index (κ1) is 14.5. The summed E-state index contributed by atoms with van der Waals surface area (Å²) in [5.41, 5.74) is 0.939. The van der Waals surface area contributed by atoms with Gasteiger partial charge in [0.2, 0.25) is 0 Å². The quantitative estimate of drug-likeness (QED) is 0.747. The minimum atomic E-state index is -0.339. The van der Waals surface area contributed by atoms with Gasteiger partial charge < -0.3 is 20.3 Å². The Morgan fingerprint density at radius 2 is 2.17 bits per heavy atom.